The summed E-state index contributed by atoms with van der Waals surface area (Å²) in [6, 6.07) is 8.22. The number of para-hydroxylation sites is 1. The highest BCUT2D eigenvalue weighted by Gasteiger charge is 2.06. The summed E-state index contributed by atoms with van der Waals surface area (Å²) in [5.74, 6) is -0.750. The van der Waals surface area contributed by atoms with E-state index in [1.807, 2.05) is 0 Å². The molecule has 0 unspecified atom stereocenters. The van der Waals surface area contributed by atoms with E-state index in [0.29, 0.717) is 10.9 Å². The van der Waals surface area contributed by atoms with Crippen molar-refractivity contribution in [1.82, 2.24) is 9.97 Å². The van der Waals surface area contributed by atoms with Crippen molar-refractivity contribution < 1.29 is 13.9 Å². The minimum Gasteiger partial charge on any atom is -0.506 e. The SMILES string of the molecule is Oc1cccc2cnc(NCc3cc(F)ccc3F)nc12. The van der Waals surface area contributed by atoms with E-state index in [2.05, 4.69) is 15.3 Å². The van der Waals surface area contributed by atoms with E-state index < -0.39 is 11.6 Å². The fourth-order valence-corrected chi connectivity index (χ4v) is 1.98. The largest absolute Gasteiger partial charge is 0.506 e. The number of halogens is 2. The second kappa shape index (κ2) is 5.32. The first kappa shape index (κ1) is 13.2. The van der Waals surface area contributed by atoms with Crippen LogP contribution >= 0.6 is 0 Å². The first-order valence-electron chi connectivity index (χ1n) is 6.26. The first-order valence-corrected chi connectivity index (χ1v) is 6.26. The van der Waals surface area contributed by atoms with Gasteiger partial charge in [0, 0.05) is 23.7 Å². The molecule has 106 valence electrons. The van der Waals surface area contributed by atoms with E-state index in [4.69, 9.17) is 0 Å². The van der Waals surface area contributed by atoms with Crippen molar-refractivity contribution in [3.8, 4) is 5.75 Å². The van der Waals surface area contributed by atoms with Crippen LogP contribution in [0.5, 0.6) is 5.75 Å². The molecule has 0 radical (unpaired) electrons. The van der Waals surface area contributed by atoms with Crippen molar-refractivity contribution in [3.05, 3.63) is 59.8 Å². The molecule has 2 N–H and O–H groups in total. The molecule has 3 rings (SSSR count). The van der Waals surface area contributed by atoms with Gasteiger partial charge < -0.3 is 10.4 Å². The van der Waals surface area contributed by atoms with E-state index in [0.717, 1.165) is 18.2 Å². The minimum absolute atomic E-state index is 0.0369. The lowest BCUT2D eigenvalue weighted by Gasteiger charge is -2.07. The van der Waals surface area contributed by atoms with Gasteiger partial charge in [0.15, 0.2) is 0 Å². The number of nitrogens with one attached hydrogen (secondary N) is 1. The van der Waals surface area contributed by atoms with Gasteiger partial charge in [-0.25, -0.2) is 18.7 Å². The number of fused-ring (bicyclic) bond motifs is 1. The molecule has 0 saturated carbocycles. The van der Waals surface area contributed by atoms with Gasteiger partial charge in [-0.15, -0.1) is 0 Å². The lowest BCUT2D eigenvalue weighted by molar-refractivity contribution is 0.480. The van der Waals surface area contributed by atoms with Crippen molar-refractivity contribution in [2.75, 3.05) is 5.32 Å². The predicted molar refractivity (Wildman–Crippen MR) is 74.9 cm³/mol. The zero-order chi connectivity index (χ0) is 14.8. The maximum absolute atomic E-state index is 13.5. The Labute approximate surface area is 119 Å². The first-order chi connectivity index (χ1) is 10.1. The Morgan fingerprint density at radius 3 is 2.86 bits per heavy atom. The van der Waals surface area contributed by atoms with Gasteiger partial charge in [0.25, 0.3) is 0 Å². The number of aromatic hydroxyl groups is 1. The molecule has 0 spiro atoms. The van der Waals surface area contributed by atoms with Crippen LogP contribution in [0.3, 0.4) is 0 Å². The average Bonchev–Trinajstić information content (AvgIpc) is 2.49. The van der Waals surface area contributed by atoms with E-state index >= 15 is 0 Å². The molecular formula is C15H11F2N3O. The maximum Gasteiger partial charge on any atom is 0.223 e. The van der Waals surface area contributed by atoms with Crippen molar-refractivity contribution in [3.63, 3.8) is 0 Å². The molecule has 2 aromatic carbocycles. The Morgan fingerprint density at radius 2 is 2.00 bits per heavy atom. The number of anilines is 1. The normalized spacial score (nSPS) is 10.8. The molecule has 0 bridgehead atoms. The van der Waals surface area contributed by atoms with Gasteiger partial charge in [0.2, 0.25) is 5.95 Å². The van der Waals surface area contributed by atoms with Gasteiger partial charge in [0.1, 0.15) is 22.9 Å². The Bertz CT molecular complexity index is 808. The number of hydrogen-bond donors (Lipinski definition) is 2. The Balaban J connectivity index is 1.85. The number of phenols is 1. The standard InChI is InChI=1S/C15H11F2N3O/c16-11-4-5-12(17)10(6-11)8-19-15-18-7-9-2-1-3-13(21)14(9)20-15/h1-7,21H,8H2,(H,18,19,20). The highest BCUT2D eigenvalue weighted by Crippen LogP contribution is 2.22. The third-order valence-corrected chi connectivity index (χ3v) is 3.03. The van der Waals surface area contributed by atoms with Gasteiger partial charge in [-0.3, -0.25) is 0 Å². The Morgan fingerprint density at radius 1 is 1.14 bits per heavy atom. The lowest BCUT2D eigenvalue weighted by Crippen LogP contribution is -2.05. The molecule has 21 heavy (non-hydrogen) atoms. The molecule has 0 aliphatic heterocycles. The van der Waals surface area contributed by atoms with Crippen LogP contribution in [-0.4, -0.2) is 15.1 Å². The molecule has 1 heterocycles. The smallest absolute Gasteiger partial charge is 0.223 e. The highest BCUT2D eigenvalue weighted by atomic mass is 19.1. The van der Waals surface area contributed by atoms with E-state index in [1.165, 1.54) is 6.07 Å². The molecule has 1 aromatic heterocycles. The summed E-state index contributed by atoms with van der Waals surface area (Å²) in [6.07, 6.45) is 1.55. The number of hydrogen-bond acceptors (Lipinski definition) is 4. The molecule has 0 saturated heterocycles. The Hall–Kier alpha value is -2.76. The van der Waals surface area contributed by atoms with Crippen LogP contribution in [-0.2, 0) is 6.54 Å². The minimum atomic E-state index is -0.509. The zero-order valence-electron chi connectivity index (χ0n) is 10.8. The summed E-state index contributed by atoms with van der Waals surface area (Å²) in [6.45, 7) is 0.0443. The van der Waals surface area contributed by atoms with Crippen LogP contribution < -0.4 is 5.32 Å². The van der Waals surface area contributed by atoms with Crippen molar-refractivity contribution in [2.45, 2.75) is 6.54 Å². The van der Waals surface area contributed by atoms with E-state index in [1.54, 1.807) is 18.3 Å². The summed E-state index contributed by atoms with van der Waals surface area (Å²) < 4.78 is 26.6. The quantitative estimate of drug-likeness (QED) is 0.776. The van der Waals surface area contributed by atoms with E-state index in [9.17, 15) is 13.9 Å². The lowest BCUT2D eigenvalue weighted by atomic mass is 10.2. The zero-order valence-corrected chi connectivity index (χ0v) is 10.8. The number of rotatable bonds is 3. The van der Waals surface area contributed by atoms with Gasteiger partial charge in [-0.2, -0.15) is 0 Å². The molecule has 0 atom stereocenters. The number of benzene rings is 2. The molecule has 0 fully saturated rings. The van der Waals surface area contributed by atoms with Gasteiger partial charge in [0.05, 0.1) is 0 Å². The van der Waals surface area contributed by atoms with E-state index in [-0.39, 0.29) is 23.8 Å². The van der Waals surface area contributed by atoms with Gasteiger partial charge in [-0.1, -0.05) is 12.1 Å². The number of phenolic OH excluding ortho intramolecular Hbond substituents is 1. The second-order valence-electron chi connectivity index (χ2n) is 4.50. The fraction of sp³-hybridized carbons (Fsp3) is 0.0667. The van der Waals surface area contributed by atoms with Crippen LogP contribution in [0.25, 0.3) is 10.9 Å². The molecule has 6 heteroatoms. The molecule has 0 aliphatic carbocycles. The highest BCUT2D eigenvalue weighted by molar-refractivity contribution is 5.84. The fourth-order valence-electron chi connectivity index (χ4n) is 1.98. The third kappa shape index (κ3) is 2.74. The van der Waals surface area contributed by atoms with Crippen LogP contribution in [0, 0.1) is 11.6 Å². The summed E-state index contributed by atoms with van der Waals surface area (Å²) >= 11 is 0. The predicted octanol–water partition coefficient (Wildman–Crippen LogP) is 3.23. The summed E-state index contributed by atoms with van der Waals surface area (Å²) in [5, 5.41) is 13.2. The third-order valence-electron chi connectivity index (χ3n) is 3.03. The number of aromatic nitrogens is 2. The molecule has 0 amide bonds. The van der Waals surface area contributed by atoms with Crippen LogP contribution in [0.15, 0.2) is 42.6 Å². The molecule has 4 nitrogen and oxygen atoms in total. The van der Waals surface area contributed by atoms with Crippen LogP contribution in [0.4, 0.5) is 14.7 Å². The molecular weight excluding hydrogens is 276 g/mol. The maximum atomic E-state index is 13.5. The van der Waals surface area contributed by atoms with Gasteiger partial charge in [-0.05, 0) is 24.3 Å². The topological polar surface area (TPSA) is 58.0 Å². The van der Waals surface area contributed by atoms with Gasteiger partial charge >= 0.3 is 0 Å². The average molecular weight is 287 g/mol. The Kier molecular flexibility index (Phi) is 3.35. The van der Waals surface area contributed by atoms with Crippen LogP contribution in [0.2, 0.25) is 0 Å². The monoisotopic (exact) mass is 287 g/mol. The summed E-state index contributed by atoms with van der Waals surface area (Å²) in [7, 11) is 0. The van der Waals surface area contributed by atoms with Crippen molar-refractivity contribution in [2.24, 2.45) is 0 Å². The van der Waals surface area contributed by atoms with Crippen molar-refractivity contribution in [1.29, 1.82) is 0 Å². The van der Waals surface area contributed by atoms with Crippen LogP contribution in [0.1, 0.15) is 5.56 Å². The molecule has 3 aromatic rings. The summed E-state index contributed by atoms with van der Waals surface area (Å²) in [5.41, 5.74) is 0.575. The molecule has 0 aliphatic rings. The summed E-state index contributed by atoms with van der Waals surface area (Å²) in [4.78, 5) is 8.22. The van der Waals surface area contributed by atoms with Crippen molar-refractivity contribution >= 4 is 16.9 Å². The number of nitrogens with zero attached hydrogens (tertiary/aromatic N) is 2. The second-order valence-corrected chi connectivity index (χ2v) is 4.50.